The monoisotopic (exact) mass is 211 g/mol. The van der Waals surface area contributed by atoms with Crippen molar-refractivity contribution < 1.29 is 4.42 Å². The third kappa shape index (κ3) is 1.71. The molecule has 0 saturated carbocycles. The van der Waals surface area contributed by atoms with Crippen LogP contribution in [0.3, 0.4) is 0 Å². The van der Waals surface area contributed by atoms with Crippen LogP contribution in [0.15, 0.2) is 23.0 Å². The largest absolute Gasteiger partial charge is 0.472 e. The second kappa shape index (κ2) is 3.99. The third-order valence-corrected chi connectivity index (χ3v) is 4.62. The Kier molecular flexibility index (Phi) is 2.88. The Labute approximate surface area is 89.4 Å². The van der Waals surface area contributed by atoms with Gasteiger partial charge >= 0.3 is 0 Å². The summed E-state index contributed by atoms with van der Waals surface area (Å²) in [5.41, 5.74) is 1.27. The van der Waals surface area contributed by atoms with Crippen LogP contribution in [-0.2, 0) is 0 Å². The van der Waals surface area contributed by atoms with E-state index in [1.54, 1.807) is 6.26 Å². The van der Waals surface area contributed by atoms with E-state index < -0.39 is 0 Å². The summed E-state index contributed by atoms with van der Waals surface area (Å²) in [6.45, 7) is 2.35. The van der Waals surface area contributed by atoms with Crippen LogP contribution in [0, 0.1) is 0 Å². The van der Waals surface area contributed by atoms with Gasteiger partial charge in [0.05, 0.1) is 12.5 Å². The van der Waals surface area contributed by atoms with E-state index in [9.17, 15) is 0 Å². The van der Waals surface area contributed by atoms with Gasteiger partial charge in [0.2, 0.25) is 0 Å². The second-order valence-corrected chi connectivity index (χ2v) is 5.67. The van der Waals surface area contributed by atoms with Crippen molar-refractivity contribution >= 4 is 11.8 Å². The first-order valence-electron chi connectivity index (χ1n) is 5.09. The molecule has 1 aromatic heterocycles. The van der Waals surface area contributed by atoms with Gasteiger partial charge in [-0.25, -0.2) is 0 Å². The van der Waals surface area contributed by atoms with E-state index in [-0.39, 0.29) is 0 Å². The summed E-state index contributed by atoms with van der Waals surface area (Å²) in [5.74, 6) is 1.28. The van der Waals surface area contributed by atoms with E-state index in [0.29, 0.717) is 10.8 Å². The topological polar surface area (TPSA) is 25.2 Å². The van der Waals surface area contributed by atoms with Crippen molar-refractivity contribution in [2.24, 2.45) is 0 Å². The molecule has 3 heteroatoms. The van der Waals surface area contributed by atoms with Gasteiger partial charge in [-0.15, -0.1) is 0 Å². The van der Waals surface area contributed by atoms with Crippen LogP contribution in [0.1, 0.15) is 31.4 Å². The van der Waals surface area contributed by atoms with Gasteiger partial charge in [0.15, 0.2) is 0 Å². The summed E-state index contributed by atoms with van der Waals surface area (Å²) in [6.07, 6.45) is 6.22. The van der Waals surface area contributed by atoms with E-state index in [2.05, 4.69) is 30.1 Å². The highest BCUT2D eigenvalue weighted by molar-refractivity contribution is 8.00. The van der Waals surface area contributed by atoms with E-state index in [0.717, 1.165) is 0 Å². The highest BCUT2D eigenvalue weighted by atomic mass is 32.2. The molecule has 0 spiro atoms. The maximum Gasteiger partial charge on any atom is 0.0950 e. The molecule has 0 radical (unpaired) electrons. The van der Waals surface area contributed by atoms with Gasteiger partial charge in [0, 0.05) is 16.4 Å². The van der Waals surface area contributed by atoms with Gasteiger partial charge in [-0.2, -0.15) is 11.8 Å². The SMILES string of the molecule is CNC(c1ccoc1)C1(C)CCCS1. The fourth-order valence-electron chi connectivity index (χ4n) is 2.29. The molecule has 2 atom stereocenters. The van der Waals surface area contributed by atoms with E-state index in [1.165, 1.54) is 24.2 Å². The Hall–Kier alpha value is -0.410. The Morgan fingerprint density at radius 1 is 1.64 bits per heavy atom. The first-order chi connectivity index (χ1) is 6.76. The zero-order valence-corrected chi connectivity index (χ0v) is 9.56. The molecule has 2 unspecified atom stereocenters. The van der Waals surface area contributed by atoms with Crippen LogP contribution in [0.5, 0.6) is 0 Å². The molecule has 2 nitrogen and oxygen atoms in total. The number of hydrogen-bond acceptors (Lipinski definition) is 3. The third-order valence-electron chi connectivity index (χ3n) is 3.03. The lowest BCUT2D eigenvalue weighted by molar-refractivity contribution is 0.435. The lowest BCUT2D eigenvalue weighted by Crippen LogP contribution is -2.35. The molecule has 78 valence electrons. The maximum absolute atomic E-state index is 5.15. The van der Waals surface area contributed by atoms with Gasteiger partial charge < -0.3 is 9.73 Å². The molecule has 1 fully saturated rings. The van der Waals surface area contributed by atoms with Gasteiger partial charge in [0.1, 0.15) is 0 Å². The fourth-order valence-corrected chi connectivity index (χ4v) is 3.76. The number of hydrogen-bond donors (Lipinski definition) is 1. The average Bonchev–Trinajstić information content (AvgIpc) is 2.78. The predicted octanol–water partition coefficient (Wildman–Crippen LogP) is 2.83. The molecule has 1 N–H and O–H groups in total. The molecule has 2 rings (SSSR count). The molecule has 1 saturated heterocycles. The lowest BCUT2D eigenvalue weighted by atomic mass is 9.92. The minimum atomic E-state index is 0.332. The summed E-state index contributed by atoms with van der Waals surface area (Å²) in [6, 6.07) is 2.47. The molecular weight excluding hydrogens is 194 g/mol. The average molecular weight is 211 g/mol. The van der Waals surface area contributed by atoms with Crippen LogP contribution in [0.2, 0.25) is 0 Å². The molecular formula is C11H17NOS. The van der Waals surface area contributed by atoms with Crippen LogP contribution < -0.4 is 5.32 Å². The van der Waals surface area contributed by atoms with Crippen molar-refractivity contribution in [3.63, 3.8) is 0 Å². The van der Waals surface area contributed by atoms with Crippen LogP contribution >= 0.6 is 11.8 Å². The van der Waals surface area contributed by atoms with Gasteiger partial charge in [-0.05, 0) is 38.6 Å². The van der Waals surface area contributed by atoms with Crippen LogP contribution in [0.4, 0.5) is 0 Å². The first kappa shape index (κ1) is 10.1. The van der Waals surface area contributed by atoms with Crippen LogP contribution in [0.25, 0.3) is 0 Å². The molecule has 0 aliphatic carbocycles. The van der Waals surface area contributed by atoms with Crippen molar-refractivity contribution in [2.75, 3.05) is 12.8 Å². The fraction of sp³-hybridized carbons (Fsp3) is 0.636. The zero-order chi connectivity index (χ0) is 10.0. The highest BCUT2D eigenvalue weighted by Gasteiger charge is 2.38. The Morgan fingerprint density at radius 3 is 3.00 bits per heavy atom. The Balaban J connectivity index is 2.20. The summed E-state index contributed by atoms with van der Waals surface area (Å²) < 4.78 is 5.48. The second-order valence-electron chi connectivity index (χ2n) is 4.04. The molecule has 0 amide bonds. The van der Waals surface area contributed by atoms with Crippen LogP contribution in [-0.4, -0.2) is 17.5 Å². The van der Waals surface area contributed by atoms with E-state index in [4.69, 9.17) is 4.42 Å². The molecule has 1 aromatic rings. The molecule has 14 heavy (non-hydrogen) atoms. The van der Waals surface area contributed by atoms with Crippen molar-refractivity contribution in [3.05, 3.63) is 24.2 Å². The lowest BCUT2D eigenvalue weighted by Gasteiger charge is -2.32. The molecule has 1 aliphatic rings. The number of nitrogens with one attached hydrogen (secondary N) is 1. The highest BCUT2D eigenvalue weighted by Crippen LogP contribution is 2.46. The summed E-state index contributed by atoms with van der Waals surface area (Å²) in [5, 5.41) is 3.41. The minimum absolute atomic E-state index is 0.332. The van der Waals surface area contributed by atoms with E-state index >= 15 is 0 Å². The molecule has 1 aliphatic heterocycles. The number of furan rings is 1. The molecule has 2 heterocycles. The Bertz CT molecular complexity index is 277. The van der Waals surface area contributed by atoms with Crippen molar-refractivity contribution in [3.8, 4) is 0 Å². The predicted molar refractivity (Wildman–Crippen MR) is 60.6 cm³/mol. The maximum atomic E-state index is 5.15. The number of thioether (sulfide) groups is 1. The normalized spacial score (nSPS) is 29.3. The van der Waals surface area contributed by atoms with Crippen molar-refractivity contribution in [1.82, 2.24) is 5.32 Å². The summed E-state index contributed by atoms with van der Waals surface area (Å²) >= 11 is 2.07. The summed E-state index contributed by atoms with van der Waals surface area (Å²) in [7, 11) is 2.03. The van der Waals surface area contributed by atoms with Gasteiger partial charge in [-0.1, -0.05) is 0 Å². The number of rotatable bonds is 3. The quantitative estimate of drug-likeness (QED) is 0.832. The van der Waals surface area contributed by atoms with Gasteiger partial charge in [-0.3, -0.25) is 0 Å². The summed E-state index contributed by atoms with van der Waals surface area (Å²) in [4.78, 5) is 0. The van der Waals surface area contributed by atoms with Gasteiger partial charge in [0.25, 0.3) is 0 Å². The molecule has 0 aromatic carbocycles. The Morgan fingerprint density at radius 2 is 2.50 bits per heavy atom. The van der Waals surface area contributed by atoms with E-state index in [1.807, 2.05) is 13.3 Å². The van der Waals surface area contributed by atoms with Crippen molar-refractivity contribution in [1.29, 1.82) is 0 Å². The first-order valence-corrected chi connectivity index (χ1v) is 6.08. The smallest absolute Gasteiger partial charge is 0.0950 e. The zero-order valence-electron chi connectivity index (χ0n) is 8.75. The standard InChI is InChI=1S/C11H17NOS/c1-11(5-3-7-14-11)10(12-2)9-4-6-13-8-9/h4,6,8,10,12H,3,5,7H2,1-2H3. The molecule has 0 bridgehead atoms. The van der Waals surface area contributed by atoms with Crippen molar-refractivity contribution in [2.45, 2.75) is 30.6 Å². The minimum Gasteiger partial charge on any atom is -0.472 e.